The van der Waals surface area contributed by atoms with Crippen molar-refractivity contribution in [2.24, 2.45) is 0 Å². The van der Waals surface area contributed by atoms with Gasteiger partial charge in [-0.3, -0.25) is 9.78 Å². The van der Waals surface area contributed by atoms with Crippen molar-refractivity contribution in [2.45, 2.75) is 6.92 Å². The van der Waals surface area contributed by atoms with Crippen LogP contribution in [0.1, 0.15) is 15.9 Å². The smallest absolute Gasteiger partial charge is 0.257 e. The maximum atomic E-state index is 12.3. The van der Waals surface area contributed by atoms with Gasteiger partial charge in [0.05, 0.1) is 5.56 Å². The molecule has 2 N–H and O–H groups in total. The topological polar surface area (TPSA) is 54.0 Å². The minimum absolute atomic E-state index is 0.207. The highest BCUT2D eigenvalue weighted by Gasteiger charge is 2.12. The Morgan fingerprint density at radius 2 is 2.05 bits per heavy atom. The highest BCUT2D eigenvalue weighted by Crippen LogP contribution is 2.22. The van der Waals surface area contributed by atoms with Crippen molar-refractivity contribution in [3.8, 4) is 0 Å². The summed E-state index contributed by atoms with van der Waals surface area (Å²) in [5, 5.41) is 6.35. The molecule has 98 valence electrons. The molecule has 0 aliphatic heterocycles. The first-order chi connectivity index (χ1) is 9.11. The first kappa shape index (κ1) is 13.4. The quantitative estimate of drug-likeness (QED) is 0.903. The molecule has 0 unspecified atom stereocenters. The normalized spacial score (nSPS) is 10.1. The van der Waals surface area contributed by atoms with Gasteiger partial charge in [0, 0.05) is 35.8 Å². The number of hydrogen-bond donors (Lipinski definition) is 2. The Balaban J connectivity index is 2.30. The van der Waals surface area contributed by atoms with Crippen LogP contribution in [-0.2, 0) is 0 Å². The lowest BCUT2D eigenvalue weighted by molar-refractivity contribution is 0.102. The third-order valence-corrected chi connectivity index (χ3v) is 3.00. The van der Waals surface area contributed by atoms with E-state index in [1.54, 1.807) is 43.7 Å². The van der Waals surface area contributed by atoms with Gasteiger partial charge in [-0.25, -0.2) is 0 Å². The van der Waals surface area contributed by atoms with Crippen molar-refractivity contribution in [2.75, 3.05) is 17.7 Å². The zero-order valence-corrected chi connectivity index (χ0v) is 11.5. The molecular formula is C14H14ClN3O. The number of rotatable bonds is 3. The second-order valence-electron chi connectivity index (χ2n) is 4.08. The molecule has 0 atom stereocenters. The summed E-state index contributed by atoms with van der Waals surface area (Å²) >= 11 is 5.93. The van der Waals surface area contributed by atoms with E-state index >= 15 is 0 Å². The van der Waals surface area contributed by atoms with Gasteiger partial charge in [-0.05, 0) is 36.8 Å². The van der Waals surface area contributed by atoms with Crippen molar-refractivity contribution in [1.29, 1.82) is 0 Å². The molecule has 0 saturated carbocycles. The van der Waals surface area contributed by atoms with Crippen LogP contribution in [0.5, 0.6) is 0 Å². The predicted molar refractivity (Wildman–Crippen MR) is 77.9 cm³/mol. The van der Waals surface area contributed by atoms with Gasteiger partial charge in [-0.2, -0.15) is 0 Å². The molecular weight excluding hydrogens is 262 g/mol. The molecule has 4 nitrogen and oxygen atoms in total. The highest BCUT2D eigenvalue weighted by atomic mass is 35.5. The second-order valence-corrected chi connectivity index (χ2v) is 4.52. The van der Waals surface area contributed by atoms with Crippen LogP contribution in [0, 0.1) is 6.92 Å². The van der Waals surface area contributed by atoms with Gasteiger partial charge in [0.25, 0.3) is 5.91 Å². The third kappa shape index (κ3) is 3.03. The van der Waals surface area contributed by atoms with Gasteiger partial charge in [0.2, 0.25) is 0 Å². The number of carbonyl (C=O) groups excluding carboxylic acids is 1. The summed E-state index contributed by atoms with van der Waals surface area (Å²) in [4.78, 5) is 16.3. The van der Waals surface area contributed by atoms with Crippen LogP contribution in [0.3, 0.4) is 0 Å². The zero-order valence-electron chi connectivity index (χ0n) is 10.7. The molecule has 0 bridgehead atoms. The lowest BCUT2D eigenvalue weighted by Gasteiger charge is -2.11. The van der Waals surface area contributed by atoms with Gasteiger partial charge in [-0.15, -0.1) is 0 Å². The monoisotopic (exact) mass is 275 g/mol. The number of pyridine rings is 1. The van der Waals surface area contributed by atoms with Crippen LogP contribution in [0.2, 0.25) is 5.02 Å². The summed E-state index contributed by atoms with van der Waals surface area (Å²) in [6.07, 6.45) is 3.34. The Morgan fingerprint density at radius 3 is 2.74 bits per heavy atom. The number of anilines is 2. The maximum Gasteiger partial charge on any atom is 0.257 e. The van der Waals surface area contributed by atoms with Gasteiger partial charge >= 0.3 is 0 Å². The average molecular weight is 276 g/mol. The van der Waals surface area contributed by atoms with Crippen LogP contribution in [-0.4, -0.2) is 17.9 Å². The van der Waals surface area contributed by atoms with Gasteiger partial charge < -0.3 is 10.6 Å². The molecule has 19 heavy (non-hydrogen) atoms. The molecule has 1 aromatic heterocycles. The van der Waals surface area contributed by atoms with Crippen molar-refractivity contribution in [1.82, 2.24) is 4.98 Å². The second kappa shape index (κ2) is 5.71. The van der Waals surface area contributed by atoms with Crippen molar-refractivity contribution < 1.29 is 4.79 Å². The molecule has 5 heteroatoms. The average Bonchev–Trinajstić information content (AvgIpc) is 2.41. The molecule has 2 rings (SSSR count). The van der Waals surface area contributed by atoms with E-state index in [1.807, 2.05) is 6.92 Å². The lowest BCUT2D eigenvalue weighted by atomic mass is 10.1. The molecule has 0 saturated heterocycles. The summed E-state index contributed by atoms with van der Waals surface area (Å²) in [7, 11) is 1.76. The number of nitrogens with zero attached hydrogens (tertiary/aromatic N) is 1. The molecule has 1 aromatic carbocycles. The summed E-state index contributed by atoms with van der Waals surface area (Å²) < 4.78 is 0. The number of aromatic nitrogens is 1. The molecule has 1 heterocycles. The van der Waals surface area contributed by atoms with Crippen LogP contribution in [0.25, 0.3) is 0 Å². The van der Waals surface area contributed by atoms with Crippen LogP contribution in [0.15, 0.2) is 36.7 Å². The van der Waals surface area contributed by atoms with E-state index in [2.05, 4.69) is 15.6 Å². The van der Waals surface area contributed by atoms with Crippen molar-refractivity contribution in [3.63, 3.8) is 0 Å². The highest BCUT2D eigenvalue weighted by molar-refractivity contribution is 6.31. The van der Waals surface area contributed by atoms with E-state index in [0.717, 1.165) is 16.9 Å². The standard InChI is InChI=1S/C14H14ClN3O/c1-9-8-17-6-5-12(9)18-14(19)11-7-10(15)3-4-13(11)16-2/h3-8,16H,1-2H3,(H,17,18,19). The number of hydrogen-bond acceptors (Lipinski definition) is 3. The Labute approximate surface area is 116 Å². The van der Waals surface area contributed by atoms with E-state index in [0.29, 0.717) is 10.6 Å². The van der Waals surface area contributed by atoms with E-state index in [-0.39, 0.29) is 5.91 Å². The van der Waals surface area contributed by atoms with Crippen LogP contribution >= 0.6 is 11.6 Å². The van der Waals surface area contributed by atoms with E-state index < -0.39 is 0 Å². The number of amides is 1. The number of halogens is 1. The SMILES string of the molecule is CNc1ccc(Cl)cc1C(=O)Nc1ccncc1C. The zero-order chi connectivity index (χ0) is 13.8. The Morgan fingerprint density at radius 1 is 1.26 bits per heavy atom. The Hall–Kier alpha value is -2.07. The largest absolute Gasteiger partial charge is 0.387 e. The fraction of sp³-hybridized carbons (Fsp3) is 0.143. The summed E-state index contributed by atoms with van der Waals surface area (Å²) in [5.74, 6) is -0.207. The summed E-state index contributed by atoms with van der Waals surface area (Å²) in [5.41, 5.74) is 2.88. The number of carbonyl (C=O) groups is 1. The molecule has 0 aliphatic carbocycles. The predicted octanol–water partition coefficient (Wildman–Crippen LogP) is 3.34. The Kier molecular flexibility index (Phi) is 4.02. The van der Waals surface area contributed by atoms with E-state index in [4.69, 9.17) is 11.6 Å². The minimum Gasteiger partial charge on any atom is -0.387 e. The maximum absolute atomic E-state index is 12.3. The number of benzene rings is 1. The lowest BCUT2D eigenvalue weighted by Crippen LogP contribution is -2.14. The molecule has 0 radical (unpaired) electrons. The van der Waals surface area contributed by atoms with Gasteiger partial charge in [0.1, 0.15) is 0 Å². The summed E-state index contributed by atoms with van der Waals surface area (Å²) in [6.45, 7) is 1.89. The fourth-order valence-corrected chi connectivity index (χ4v) is 1.90. The fourth-order valence-electron chi connectivity index (χ4n) is 1.73. The van der Waals surface area contributed by atoms with Crippen molar-refractivity contribution >= 4 is 28.9 Å². The van der Waals surface area contributed by atoms with Crippen LogP contribution < -0.4 is 10.6 Å². The van der Waals surface area contributed by atoms with E-state index in [1.165, 1.54) is 0 Å². The van der Waals surface area contributed by atoms with E-state index in [9.17, 15) is 4.79 Å². The minimum atomic E-state index is -0.207. The molecule has 0 fully saturated rings. The van der Waals surface area contributed by atoms with Gasteiger partial charge in [-0.1, -0.05) is 11.6 Å². The first-order valence-electron chi connectivity index (χ1n) is 5.81. The first-order valence-corrected chi connectivity index (χ1v) is 6.19. The number of nitrogens with one attached hydrogen (secondary N) is 2. The van der Waals surface area contributed by atoms with Crippen molar-refractivity contribution in [3.05, 3.63) is 52.8 Å². The third-order valence-electron chi connectivity index (χ3n) is 2.76. The summed E-state index contributed by atoms with van der Waals surface area (Å²) in [6, 6.07) is 6.91. The van der Waals surface area contributed by atoms with Crippen LogP contribution in [0.4, 0.5) is 11.4 Å². The van der Waals surface area contributed by atoms with Gasteiger partial charge in [0.15, 0.2) is 0 Å². The Bertz CT molecular complexity index is 613. The molecule has 2 aromatic rings. The molecule has 0 spiro atoms. The molecule has 1 amide bonds. The molecule has 0 aliphatic rings. The number of aryl methyl sites for hydroxylation is 1.